The highest BCUT2D eigenvalue weighted by Gasteiger charge is 2.44. The molecule has 204 valence electrons. The zero-order valence-corrected chi connectivity index (χ0v) is 25.1. The number of ether oxygens (including phenoxy) is 2. The maximum atomic E-state index is 12.6. The van der Waals surface area contributed by atoms with Gasteiger partial charge in [-0.1, -0.05) is 69.3 Å². The van der Waals surface area contributed by atoms with Gasteiger partial charge in [-0.25, -0.2) is 0 Å². The smallest absolute Gasteiger partial charge is 0.191 e. The molecule has 1 N–H and O–H groups in total. The van der Waals surface area contributed by atoms with Crippen LogP contribution in [0.2, 0.25) is 18.1 Å². The third kappa shape index (κ3) is 6.01. The Morgan fingerprint density at radius 3 is 2.34 bits per heavy atom. The SMILES string of the molecule is COc1ccc2c(c1)OCCC(c1ccccc1C)C2(O)Cc1ccc(CCO[Si](C)(C)C(C)(C)C)cc1. The van der Waals surface area contributed by atoms with Crippen molar-refractivity contribution in [2.24, 2.45) is 0 Å². The molecule has 1 aliphatic rings. The summed E-state index contributed by atoms with van der Waals surface area (Å²) in [5, 5.41) is 12.8. The first-order chi connectivity index (χ1) is 17.9. The standard InChI is InChI=1S/C33H44O4Si/c1-24-10-8-9-11-28(24)29-19-20-36-31-22-27(35-5)16-17-30(31)33(29,34)23-26-14-12-25(13-15-26)18-21-37-38(6,7)32(2,3)4/h8-17,22,29,34H,18-21,23H2,1-7H3. The van der Waals surface area contributed by atoms with Crippen molar-refractivity contribution >= 4 is 8.32 Å². The number of aliphatic hydroxyl groups is 1. The lowest BCUT2D eigenvalue weighted by molar-refractivity contribution is 0.00667. The second-order valence-corrected chi connectivity index (χ2v) is 17.0. The molecule has 1 heterocycles. The highest BCUT2D eigenvalue weighted by atomic mass is 28.4. The van der Waals surface area contributed by atoms with Gasteiger partial charge in [0.25, 0.3) is 0 Å². The minimum atomic E-state index is -1.75. The molecule has 0 bridgehead atoms. The van der Waals surface area contributed by atoms with Gasteiger partial charge in [0.2, 0.25) is 0 Å². The van der Waals surface area contributed by atoms with E-state index in [0.717, 1.165) is 36.3 Å². The lowest BCUT2D eigenvalue weighted by atomic mass is 9.71. The van der Waals surface area contributed by atoms with Gasteiger partial charge >= 0.3 is 0 Å². The van der Waals surface area contributed by atoms with E-state index in [2.05, 4.69) is 89.3 Å². The molecule has 0 amide bonds. The van der Waals surface area contributed by atoms with Crippen LogP contribution in [0.4, 0.5) is 0 Å². The minimum Gasteiger partial charge on any atom is -0.497 e. The van der Waals surface area contributed by atoms with Gasteiger partial charge in [-0.2, -0.15) is 0 Å². The summed E-state index contributed by atoms with van der Waals surface area (Å²) in [6, 6.07) is 22.8. The number of fused-ring (bicyclic) bond motifs is 1. The zero-order chi connectivity index (χ0) is 27.6. The van der Waals surface area contributed by atoms with Gasteiger partial charge in [-0.3, -0.25) is 0 Å². The maximum absolute atomic E-state index is 12.6. The Kier molecular flexibility index (Phi) is 8.41. The Morgan fingerprint density at radius 2 is 1.68 bits per heavy atom. The van der Waals surface area contributed by atoms with Crippen LogP contribution in [0.5, 0.6) is 11.5 Å². The molecule has 2 unspecified atom stereocenters. The van der Waals surface area contributed by atoms with Gasteiger partial charge < -0.3 is 19.0 Å². The summed E-state index contributed by atoms with van der Waals surface area (Å²) in [6.07, 6.45) is 2.11. The van der Waals surface area contributed by atoms with Crippen molar-refractivity contribution in [3.8, 4) is 11.5 Å². The number of benzene rings is 3. The van der Waals surface area contributed by atoms with Crippen LogP contribution >= 0.6 is 0 Å². The fraction of sp³-hybridized carbons (Fsp3) is 0.455. The predicted molar refractivity (Wildman–Crippen MR) is 158 cm³/mol. The van der Waals surface area contributed by atoms with Crippen LogP contribution in [-0.4, -0.2) is 33.7 Å². The van der Waals surface area contributed by atoms with E-state index < -0.39 is 13.9 Å². The van der Waals surface area contributed by atoms with Crippen LogP contribution in [0.3, 0.4) is 0 Å². The van der Waals surface area contributed by atoms with E-state index in [1.54, 1.807) is 7.11 Å². The molecule has 0 spiro atoms. The lowest BCUT2D eigenvalue weighted by Crippen LogP contribution is -2.41. The van der Waals surface area contributed by atoms with Crippen LogP contribution in [0, 0.1) is 6.92 Å². The number of methoxy groups -OCH3 is 1. The van der Waals surface area contributed by atoms with E-state index in [0.29, 0.717) is 18.8 Å². The first-order valence-corrected chi connectivity index (χ1v) is 16.7. The molecular weight excluding hydrogens is 488 g/mol. The monoisotopic (exact) mass is 532 g/mol. The van der Waals surface area contributed by atoms with E-state index >= 15 is 0 Å². The summed E-state index contributed by atoms with van der Waals surface area (Å²) in [6.45, 7) is 14.8. The number of aryl methyl sites for hydroxylation is 1. The largest absolute Gasteiger partial charge is 0.497 e. The lowest BCUT2D eigenvalue weighted by Gasteiger charge is -2.37. The molecule has 0 saturated heterocycles. The third-order valence-electron chi connectivity index (χ3n) is 8.62. The van der Waals surface area contributed by atoms with Crippen LogP contribution in [-0.2, 0) is 22.9 Å². The highest BCUT2D eigenvalue weighted by Crippen LogP contribution is 2.48. The maximum Gasteiger partial charge on any atom is 0.191 e. The zero-order valence-electron chi connectivity index (χ0n) is 24.1. The summed E-state index contributed by atoms with van der Waals surface area (Å²) in [5.41, 5.74) is 4.40. The molecule has 38 heavy (non-hydrogen) atoms. The Balaban J connectivity index is 1.61. The summed E-state index contributed by atoms with van der Waals surface area (Å²) in [7, 11) is -0.101. The first-order valence-electron chi connectivity index (χ1n) is 13.8. The average molecular weight is 533 g/mol. The third-order valence-corrected chi connectivity index (χ3v) is 13.2. The van der Waals surface area contributed by atoms with Crippen LogP contribution in [0.1, 0.15) is 60.9 Å². The topological polar surface area (TPSA) is 47.9 Å². The molecule has 5 heteroatoms. The fourth-order valence-electron chi connectivity index (χ4n) is 5.20. The molecule has 3 aromatic rings. The Bertz CT molecular complexity index is 1230. The molecule has 3 aromatic carbocycles. The number of hydrogen-bond donors (Lipinski definition) is 1. The molecule has 0 radical (unpaired) electrons. The number of hydrogen-bond acceptors (Lipinski definition) is 4. The van der Waals surface area contributed by atoms with Crippen LogP contribution < -0.4 is 9.47 Å². The van der Waals surface area contributed by atoms with Crippen molar-refractivity contribution < 1.29 is 19.0 Å². The fourth-order valence-corrected chi connectivity index (χ4v) is 6.25. The normalized spacial score (nSPS) is 19.8. The Labute approximate surface area is 230 Å². The quantitative estimate of drug-likeness (QED) is 0.304. The van der Waals surface area contributed by atoms with E-state index in [1.807, 2.05) is 18.2 Å². The van der Waals surface area contributed by atoms with Crippen molar-refractivity contribution in [2.45, 2.75) is 76.6 Å². The van der Waals surface area contributed by atoms with E-state index in [1.165, 1.54) is 16.7 Å². The van der Waals surface area contributed by atoms with E-state index in [4.69, 9.17) is 13.9 Å². The second kappa shape index (κ2) is 11.2. The molecule has 4 rings (SSSR count). The molecule has 4 nitrogen and oxygen atoms in total. The summed E-state index contributed by atoms with van der Waals surface area (Å²) in [5.74, 6) is 1.32. The van der Waals surface area contributed by atoms with Crippen LogP contribution in [0.25, 0.3) is 0 Å². The number of rotatable bonds is 8. The molecular formula is C33H44O4Si. The molecule has 0 aliphatic carbocycles. The van der Waals surface area contributed by atoms with Gasteiger partial charge in [-0.05, 0) is 72.3 Å². The van der Waals surface area contributed by atoms with Crippen molar-refractivity contribution in [1.82, 2.24) is 0 Å². The van der Waals surface area contributed by atoms with Gasteiger partial charge in [0.05, 0.1) is 13.7 Å². The van der Waals surface area contributed by atoms with Gasteiger partial charge in [-0.15, -0.1) is 0 Å². The van der Waals surface area contributed by atoms with Crippen molar-refractivity contribution in [2.75, 3.05) is 20.3 Å². The van der Waals surface area contributed by atoms with Crippen molar-refractivity contribution in [1.29, 1.82) is 0 Å². The predicted octanol–water partition coefficient (Wildman–Crippen LogP) is 7.56. The van der Waals surface area contributed by atoms with Crippen molar-refractivity contribution in [3.63, 3.8) is 0 Å². The minimum absolute atomic E-state index is 0.101. The first kappa shape index (κ1) is 28.4. The second-order valence-electron chi connectivity index (χ2n) is 12.2. The molecule has 2 atom stereocenters. The molecule has 0 fully saturated rings. The molecule has 0 saturated carbocycles. The average Bonchev–Trinajstić information content (AvgIpc) is 3.00. The Morgan fingerprint density at radius 1 is 1.00 bits per heavy atom. The van der Waals surface area contributed by atoms with E-state index in [9.17, 15) is 5.11 Å². The van der Waals surface area contributed by atoms with Gasteiger partial charge in [0, 0.05) is 30.6 Å². The summed E-state index contributed by atoms with van der Waals surface area (Å²) in [4.78, 5) is 0. The summed E-state index contributed by atoms with van der Waals surface area (Å²) < 4.78 is 18.0. The molecule has 1 aliphatic heterocycles. The summed E-state index contributed by atoms with van der Waals surface area (Å²) >= 11 is 0. The highest BCUT2D eigenvalue weighted by molar-refractivity contribution is 6.74. The van der Waals surface area contributed by atoms with E-state index in [-0.39, 0.29) is 11.0 Å². The molecule has 0 aromatic heterocycles. The van der Waals surface area contributed by atoms with Gasteiger partial charge in [0.15, 0.2) is 8.32 Å². The van der Waals surface area contributed by atoms with Crippen LogP contribution in [0.15, 0.2) is 66.7 Å². The Hall–Kier alpha value is -2.60. The van der Waals surface area contributed by atoms with Crippen molar-refractivity contribution in [3.05, 3.63) is 94.5 Å². The van der Waals surface area contributed by atoms with Gasteiger partial charge in [0.1, 0.15) is 17.1 Å².